The number of fused-ring (bicyclic) bond motifs is 5. The van der Waals surface area contributed by atoms with Gasteiger partial charge in [0.25, 0.3) is 0 Å². The van der Waals surface area contributed by atoms with Crippen molar-refractivity contribution in [2.45, 2.75) is 117 Å². The number of carbonyl (C=O) groups excluding carboxylic acids is 3. The van der Waals surface area contributed by atoms with Crippen LogP contribution in [0.4, 0.5) is 4.79 Å². The highest BCUT2D eigenvalue weighted by Crippen LogP contribution is 2.40. The summed E-state index contributed by atoms with van der Waals surface area (Å²) >= 11 is 0. The minimum absolute atomic E-state index is 0.0924. The molecule has 1 unspecified atom stereocenters. The zero-order valence-corrected chi connectivity index (χ0v) is 29.9. The van der Waals surface area contributed by atoms with Crippen molar-refractivity contribution in [1.82, 2.24) is 20.2 Å². The molecule has 5 rings (SSSR count). The molecule has 262 valence electrons. The molecule has 2 aromatic rings. The number of rotatable bonds is 4. The summed E-state index contributed by atoms with van der Waals surface area (Å²) in [5.74, 6) is 0.0964. The van der Waals surface area contributed by atoms with Crippen molar-refractivity contribution >= 4 is 35.1 Å². The van der Waals surface area contributed by atoms with E-state index in [0.717, 1.165) is 25.7 Å². The van der Waals surface area contributed by atoms with Gasteiger partial charge in [0.2, 0.25) is 11.8 Å². The Kier molecular flexibility index (Phi) is 10.3. The minimum atomic E-state index is -0.962. The molecule has 1 aromatic carbocycles. The molecular formula is C37H52N4O7. The topological polar surface area (TPSA) is 129 Å². The minimum Gasteiger partial charge on any atom is -0.497 e. The summed E-state index contributed by atoms with van der Waals surface area (Å²) in [6.07, 6.45) is 6.62. The Hall–Kier alpha value is -3.89. The van der Waals surface area contributed by atoms with Crippen LogP contribution in [0.2, 0.25) is 0 Å². The quantitative estimate of drug-likeness (QED) is 0.373. The Morgan fingerprint density at radius 2 is 1.81 bits per heavy atom. The van der Waals surface area contributed by atoms with Gasteiger partial charge in [-0.05, 0) is 88.3 Å². The number of carbonyl (C=O) groups is 3. The molecule has 1 aliphatic carbocycles. The molecule has 2 fully saturated rings. The first-order valence-electron chi connectivity index (χ1n) is 17.2. The summed E-state index contributed by atoms with van der Waals surface area (Å²) in [5.41, 5.74) is 0.399. The van der Waals surface area contributed by atoms with Crippen LogP contribution in [0.3, 0.4) is 0 Å². The molecular weight excluding hydrogens is 612 g/mol. The SMILES string of the molecule is COc1ccc2nc3c(nc2c1)O[C@H]1CN(C(=O)[C@H](C(C)(C)C)NC(=O)O[C@@H]2C[C@H]2CCC/C=C/3)[C@H](C(=O)OC(C)(C)C)C1CC(C)C. The highest BCUT2D eigenvalue weighted by molar-refractivity contribution is 5.91. The Balaban J connectivity index is 1.62. The predicted octanol–water partition coefficient (Wildman–Crippen LogP) is 6.33. The molecule has 2 aliphatic heterocycles. The van der Waals surface area contributed by atoms with E-state index in [0.29, 0.717) is 34.8 Å². The van der Waals surface area contributed by atoms with Gasteiger partial charge in [-0.15, -0.1) is 0 Å². The van der Waals surface area contributed by atoms with Crippen LogP contribution in [-0.2, 0) is 19.1 Å². The maximum absolute atomic E-state index is 14.6. The lowest BCUT2D eigenvalue weighted by Crippen LogP contribution is -2.58. The smallest absolute Gasteiger partial charge is 0.408 e. The van der Waals surface area contributed by atoms with Crippen molar-refractivity contribution in [2.75, 3.05) is 13.7 Å². The van der Waals surface area contributed by atoms with Crippen molar-refractivity contribution in [3.05, 3.63) is 30.0 Å². The van der Waals surface area contributed by atoms with E-state index in [9.17, 15) is 14.4 Å². The van der Waals surface area contributed by atoms with Gasteiger partial charge < -0.3 is 29.2 Å². The summed E-state index contributed by atoms with van der Waals surface area (Å²) in [4.78, 5) is 53.2. The highest BCUT2D eigenvalue weighted by Gasteiger charge is 2.53. The van der Waals surface area contributed by atoms with Gasteiger partial charge in [0.1, 0.15) is 41.3 Å². The fraction of sp³-hybridized carbons (Fsp3) is 0.649. The van der Waals surface area contributed by atoms with Gasteiger partial charge in [0, 0.05) is 12.0 Å². The average molecular weight is 665 g/mol. The number of methoxy groups -OCH3 is 1. The van der Waals surface area contributed by atoms with E-state index in [-0.39, 0.29) is 24.5 Å². The molecule has 6 atom stereocenters. The number of nitrogens with zero attached hydrogens (tertiary/aromatic N) is 3. The molecule has 3 aliphatic rings. The number of esters is 1. The van der Waals surface area contributed by atoms with Crippen LogP contribution in [0.5, 0.6) is 11.6 Å². The largest absolute Gasteiger partial charge is 0.497 e. The second kappa shape index (κ2) is 13.9. The summed E-state index contributed by atoms with van der Waals surface area (Å²) < 4.78 is 23.9. The van der Waals surface area contributed by atoms with E-state index >= 15 is 0 Å². The Labute approximate surface area is 284 Å². The first-order valence-corrected chi connectivity index (χ1v) is 17.2. The van der Waals surface area contributed by atoms with E-state index < -0.39 is 53.1 Å². The second-order valence-electron chi connectivity index (χ2n) is 15.9. The van der Waals surface area contributed by atoms with Crippen LogP contribution >= 0.6 is 0 Å². The zero-order chi connectivity index (χ0) is 35.0. The first-order chi connectivity index (χ1) is 22.5. The van der Waals surface area contributed by atoms with E-state index in [2.05, 4.69) is 25.2 Å². The van der Waals surface area contributed by atoms with E-state index in [1.54, 1.807) is 7.11 Å². The molecule has 11 nitrogen and oxygen atoms in total. The fourth-order valence-corrected chi connectivity index (χ4v) is 6.68. The summed E-state index contributed by atoms with van der Waals surface area (Å²) in [6, 6.07) is 3.61. The second-order valence-corrected chi connectivity index (χ2v) is 15.9. The maximum atomic E-state index is 14.6. The Morgan fingerprint density at radius 1 is 1.06 bits per heavy atom. The number of alkyl carbamates (subject to hydrolysis) is 1. The zero-order valence-electron chi connectivity index (χ0n) is 29.9. The number of hydrogen-bond donors (Lipinski definition) is 1. The van der Waals surface area contributed by atoms with Gasteiger partial charge in [0.05, 0.1) is 24.7 Å². The molecule has 1 N–H and O–H groups in total. The number of hydrogen-bond acceptors (Lipinski definition) is 9. The van der Waals surface area contributed by atoms with Crippen molar-refractivity contribution < 1.29 is 33.3 Å². The molecule has 0 radical (unpaired) electrons. The molecule has 3 heterocycles. The van der Waals surface area contributed by atoms with Gasteiger partial charge in [-0.1, -0.05) is 40.7 Å². The summed E-state index contributed by atoms with van der Waals surface area (Å²) in [7, 11) is 1.60. The Morgan fingerprint density at radius 3 is 2.48 bits per heavy atom. The molecule has 1 aromatic heterocycles. The molecule has 0 spiro atoms. The first kappa shape index (κ1) is 35.4. The van der Waals surface area contributed by atoms with Gasteiger partial charge in [-0.25, -0.2) is 19.6 Å². The molecule has 48 heavy (non-hydrogen) atoms. The lowest BCUT2D eigenvalue weighted by Gasteiger charge is -2.36. The van der Waals surface area contributed by atoms with E-state index in [4.69, 9.17) is 28.9 Å². The molecule has 1 saturated carbocycles. The number of ether oxygens (including phenoxy) is 4. The van der Waals surface area contributed by atoms with Crippen LogP contribution in [-0.4, -0.2) is 76.4 Å². The molecule has 2 bridgehead atoms. The Bertz CT molecular complexity index is 1540. The molecule has 11 heteroatoms. The van der Waals surface area contributed by atoms with Gasteiger partial charge >= 0.3 is 12.1 Å². The van der Waals surface area contributed by atoms with Crippen molar-refractivity contribution in [3.8, 4) is 11.6 Å². The average Bonchev–Trinajstić information content (AvgIpc) is 3.62. The highest BCUT2D eigenvalue weighted by atomic mass is 16.6. The molecule has 2 amide bonds. The van der Waals surface area contributed by atoms with Gasteiger partial charge in [0.15, 0.2) is 0 Å². The summed E-state index contributed by atoms with van der Waals surface area (Å²) in [5, 5.41) is 2.87. The van der Waals surface area contributed by atoms with Crippen molar-refractivity contribution in [2.24, 2.45) is 23.2 Å². The van der Waals surface area contributed by atoms with Crippen LogP contribution < -0.4 is 14.8 Å². The number of benzene rings is 1. The van der Waals surface area contributed by atoms with E-state index in [1.807, 2.05) is 65.8 Å². The van der Waals surface area contributed by atoms with Crippen LogP contribution in [0.15, 0.2) is 24.3 Å². The lowest BCUT2D eigenvalue weighted by atomic mass is 9.85. The number of aromatic nitrogens is 2. The summed E-state index contributed by atoms with van der Waals surface area (Å²) in [6.45, 7) is 15.3. The van der Waals surface area contributed by atoms with Crippen LogP contribution in [0.1, 0.15) is 93.2 Å². The lowest BCUT2D eigenvalue weighted by molar-refractivity contribution is -0.165. The number of amides is 2. The van der Waals surface area contributed by atoms with Crippen molar-refractivity contribution in [3.63, 3.8) is 0 Å². The van der Waals surface area contributed by atoms with E-state index in [1.165, 1.54) is 4.90 Å². The predicted molar refractivity (Wildman–Crippen MR) is 182 cm³/mol. The number of allylic oxidation sites excluding steroid dienone is 1. The van der Waals surface area contributed by atoms with Crippen LogP contribution in [0, 0.1) is 23.2 Å². The third kappa shape index (κ3) is 8.39. The van der Waals surface area contributed by atoms with Gasteiger partial charge in [-0.3, -0.25) is 4.79 Å². The normalized spacial score (nSPS) is 27.5. The third-order valence-corrected chi connectivity index (χ3v) is 9.11. The third-order valence-electron chi connectivity index (χ3n) is 9.11. The van der Waals surface area contributed by atoms with Crippen molar-refractivity contribution in [1.29, 1.82) is 0 Å². The maximum Gasteiger partial charge on any atom is 0.408 e. The monoisotopic (exact) mass is 664 g/mol. The van der Waals surface area contributed by atoms with Gasteiger partial charge in [-0.2, -0.15) is 0 Å². The standard InChI is InChI=1S/C37H52N4O7/c1-21(2)17-24-29-20-41(30(24)34(43)48-37(6,7)8)33(42)31(36(3,4)5)40-35(44)47-28-18-22(28)13-11-10-12-14-26-32(46-29)39-27-19-23(45-9)15-16-25(27)38-26/h12,14-16,19,21-22,24,28-31H,10-11,13,17-18,20H2,1-9H3,(H,40,44)/b14-12+/t22-,24?,28-,29+,30+,31-/m1/s1. The number of nitrogens with one attached hydrogen (secondary N) is 1. The van der Waals surface area contributed by atoms with Crippen LogP contribution in [0.25, 0.3) is 17.1 Å². The fourth-order valence-electron chi connectivity index (χ4n) is 6.68. The molecule has 1 saturated heterocycles.